The van der Waals surface area contributed by atoms with Crippen molar-refractivity contribution in [2.45, 2.75) is 31.9 Å². The first-order valence-electron chi connectivity index (χ1n) is 12.1. The molecule has 1 aliphatic heterocycles. The molecule has 11 heteroatoms. The number of halogens is 5. The molecule has 213 valence electrons. The minimum Gasteiger partial charge on any atom is -0.497 e. The van der Waals surface area contributed by atoms with Crippen LogP contribution in [0.3, 0.4) is 0 Å². The molecule has 0 saturated heterocycles. The van der Waals surface area contributed by atoms with E-state index in [0.717, 1.165) is 17.3 Å². The maximum Gasteiger partial charge on any atom is 0.419 e. The van der Waals surface area contributed by atoms with Gasteiger partial charge in [-0.2, -0.15) is 18.3 Å². The maximum atomic E-state index is 14.3. The molecule has 0 aliphatic carbocycles. The number of nitrogens with zero attached hydrogens (tertiary/aromatic N) is 3. The number of allylic oxidation sites excluding steroid dienone is 2. The molecule has 0 bridgehead atoms. The van der Waals surface area contributed by atoms with E-state index in [4.69, 9.17) is 4.74 Å². The van der Waals surface area contributed by atoms with Crippen LogP contribution < -0.4 is 9.64 Å². The third-order valence-corrected chi connectivity index (χ3v) is 6.70. The molecular formula is C29H26CoF5N3O2. The SMILES string of the molecule is CCN1\C(=C/C=N/N=C(\O)c2ccccc2)C(C)(Cc2cc(F)c(F)c(C(F)(F)F)c2)c2cc(OC)ccc21.[Co]. The quantitative estimate of drug-likeness (QED) is 0.135. The Labute approximate surface area is 238 Å². The number of benzene rings is 3. The average Bonchev–Trinajstić information content (AvgIpc) is 3.14. The Morgan fingerprint density at radius 2 is 1.77 bits per heavy atom. The Hall–Kier alpha value is -3.70. The van der Waals surface area contributed by atoms with Crippen LogP contribution in [0.15, 0.2) is 82.6 Å². The molecule has 3 aromatic carbocycles. The van der Waals surface area contributed by atoms with Crippen LogP contribution >= 0.6 is 0 Å². The van der Waals surface area contributed by atoms with Crippen LogP contribution in [0.2, 0.25) is 0 Å². The van der Waals surface area contributed by atoms with E-state index < -0.39 is 28.8 Å². The topological polar surface area (TPSA) is 57.4 Å². The van der Waals surface area contributed by atoms with Gasteiger partial charge in [0.2, 0.25) is 5.90 Å². The van der Waals surface area contributed by atoms with E-state index in [1.807, 2.05) is 17.9 Å². The van der Waals surface area contributed by atoms with Gasteiger partial charge in [0.25, 0.3) is 0 Å². The summed E-state index contributed by atoms with van der Waals surface area (Å²) in [6.07, 6.45) is -2.13. The van der Waals surface area contributed by atoms with Gasteiger partial charge in [0, 0.05) is 45.7 Å². The normalized spacial score (nSPS) is 18.2. The summed E-state index contributed by atoms with van der Waals surface area (Å²) < 4.78 is 74.1. The summed E-state index contributed by atoms with van der Waals surface area (Å²) in [5.41, 5.74) is -0.0316. The molecule has 4 rings (SSSR count). The van der Waals surface area contributed by atoms with Gasteiger partial charge in [0.05, 0.1) is 18.9 Å². The number of alkyl halides is 3. The summed E-state index contributed by atoms with van der Waals surface area (Å²) in [6, 6.07) is 15.4. The fourth-order valence-corrected chi connectivity index (χ4v) is 4.88. The number of aliphatic hydroxyl groups is 1. The zero-order chi connectivity index (χ0) is 28.4. The van der Waals surface area contributed by atoms with E-state index in [1.165, 1.54) is 13.3 Å². The Morgan fingerprint density at radius 3 is 2.40 bits per heavy atom. The van der Waals surface area contributed by atoms with Crippen molar-refractivity contribution in [1.29, 1.82) is 0 Å². The number of methoxy groups -OCH3 is 1. The summed E-state index contributed by atoms with van der Waals surface area (Å²) >= 11 is 0. The predicted octanol–water partition coefficient (Wildman–Crippen LogP) is 7.20. The molecule has 40 heavy (non-hydrogen) atoms. The summed E-state index contributed by atoms with van der Waals surface area (Å²) in [5, 5.41) is 17.9. The van der Waals surface area contributed by atoms with Crippen molar-refractivity contribution in [1.82, 2.24) is 0 Å². The number of rotatable bonds is 7. The number of hydrogen-bond acceptors (Lipinski definition) is 4. The van der Waals surface area contributed by atoms with E-state index in [1.54, 1.807) is 55.5 Å². The standard InChI is InChI=1S/C29H26F5N3O2.Co/c1-4-37-24-11-10-20(39-3)16-21(24)28(2,17-18-14-22(29(32,33)34)26(31)23(30)15-18)25(37)12-13-35-36-27(38)19-8-6-5-7-9-19;/h5-16H,4,17H2,1-3H3,(H,36,38);/b25-12-,35-13+;. The Balaban J connectivity index is 0.00000441. The molecule has 1 aliphatic rings. The van der Waals surface area contributed by atoms with Crippen molar-refractivity contribution in [2.24, 2.45) is 10.2 Å². The van der Waals surface area contributed by atoms with E-state index in [9.17, 15) is 27.1 Å². The smallest absolute Gasteiger partial charge is 0.419 e. The monoisotopic (exact) mass is 602 g/mol. The molecule has 3 aromatic rings. The van der Waals surface area contributed by atoms with E-state index in [0.29, 0.717) is 29.6 Å². The van der Waals surface area contributed by atoms with Crippen LogP contribution in [0.4, 0.5) is 27.6 Å². The van der Waals surface area contributed by atoms with Crippen molar-refractivity contribution in [3.05, 3.63) is 106 Å². The summed E-state index contributed by atoms with van der Waals surface area (Å²) in [7, 11) is 1.50. The fraction of sp³-hybridized carbons (Fsp3) is 0.241. The third kappa shape index (κ3) is 6.05. The zero-order valence-corrected chi connectivity index (χ0v) is 22.8. The molecule has 0 aromatic heterocycles. The van der Waals surface area contributed by atoms with E-state index in [2.05, 4.69) is 10.2 Å². The van der Waals surface area contributed by atoms with Crippen molar-refractivity contribution < 1.29 is 48.6 Å². The van der Waals surface area contributed by atoms with Crippen molar-refractivity contribution in [3.8, 4) is 5.75 Å². The molecule has 0 amide bonds. The average molecular weight is 602 g/mol. The number of anilines is 1. The van der Waals surface area contributed by atoms with Gasteiger partial charge in [-0.3, -0.25) is 0 Å². The van der Waals surface area contributed by atoms with Crippen molar-refractivity contribution in [2.75, 3.05) is 18.6 Å². The Kier molecular flexibility index (Phi) is 9.42. The first-order chi connectivity index (χ1) is 18.5. The minimum absolute atomic E-state index is 0. The van der Waals surface area contributed by atoms with Gasteiger partial charge in [-0.15, -0.1) is 5.10 Å². The van der Waals surface area contributed by atoms with Gasteiger partial charge in [-0.05, 0) is 79.9 Å². The number of aliphatic hydroxyl groups excluding tert-OH is 1. The largest absolute Gasteiger partial charge is 0.497 e. The Morgan fingerprint density at radius 1 is 1.07 bits per heavy atom. The second-order valence-electron chi connectivity index (χ2n) is 9.18. The zero-order valence-electron chi connectivity index (χ0n) is 21.8. The molecule has 1 atom stereocenters. The Bertz CT molecular complexity index is 1460. The van der Waals surface area contributed by atoms with Gasteiger partial charge < -0.3 is 14.7 Å². The molecule has 5 nitrogen and oxygen atoms in total. The van der Waals surface area contributed by atoms with E-state index >= 15 is 0 Å². The number of fused-ring (bicyclic) bond motifs is 1. The molecule has 0 fully saturated rings. The van der Waals surface area contributed by atoms with Crippen LogP contribution in [-0.2, 0) is 34.8 Å². The second kappa shape index (κ2) is 12.2. The van der Waals surface area contributed by atoms with Crippen LogP contribution in [-0.4, -0.2) is 30.9 Å². The first-order valence-corrected chi connectivity index (χ1v) is 12.1. The summed E-state index contributed by atoms with van der Waals surface area (Å²) in [5.74, 6) is -3.26. The summed E-state index contributed by atoms with van der Waals surface area (Å²) in [4.78, 5) is 1.95. The number of likely N-dealkylation sites (N-methyl/N-ethyl adjacent to an activating group) is 1. The van der Waals surface area contributed by atoms with E-state index in [-0.39, 0.29) is 34.7 Å². The van der Waals surface area contributed by atoms with Crippen LogP contribution in [0.5, 0.6) is 5.75 Å². The molecule has 1 heterocycles. The van der Waals surface area contributed by atoms with Gasteiger partial charge in [0.15, 0.2) is 11.6 Å². The molecular weight excluding hydrogens is 576 g/mol. The van der Waals surface area contributed by atoms with Gasteiger partial charge >= 0.3 is 6.18 Å². The van der Waals surface area contributed by atoms with Crippen molar-refractivity contribution >= 4 is 17.8 Å². The van der Waals surface area contributed by atoms with Gasteiger partial charge in [-0.25, -0.2) is 8.78 Å². The predicted molar refractivity (Wildman–Crippen MR) is 141 cm³/mol. The molecule has 1 N–H and O–H groups in total. The van der Waals surface area contributed by atoms with Crippen LogP contribution in [0, 0.1) is 11.6 Å². The van der Waals surface area contributed by atoms with Gasteiger partial charge in [-0.1, -0.05) is 18.2 Å². The fourth-order valence-electron chi connectivity index (χ4n) is 4.88. The van der Waals surface area contributed by atoms with Crippen LogP contribution in [0.1, 0.15) is 36.1 Å². The molecule has 1 radical (unpaired) electrons. The molecule has 0 spiro atoms. The summed E-state index contributed by atoms with van der Waals surface area (Å²) in [6.45, 7) is 4.21. The van der Waals surface area contributed by atoms with Gasteiger partial charge in [0.1, 0.15) is 5.75 Å². The first kappa shape index (κ1) is 30.8. The number of hydrogen-bond donors (Lipinski definition) is 1. The molecule has 0 saturated carbocycles. The number of ether oxygens (including phenoxy) is 1. The van der Waals surface area contributed by atoms with Crippen molar-refractivity contribution in [3.63, 3.8) is 0 Å². The van der Waals surface area contributed by atoms with Crippen LogP contribution in [0.25, 0.3) is 0 Å². The molecule has 1 unspecified atom stereocenters. The third-order valence-electron chi connectivity index (χ3n) is 6.70. The maximum absolute atomic E-state index is 14.3. The minimum atomic E-state index is -5.06. The second-order valence-corrected chi connectivity index (χ2v) is 9.18.